The van der Waals surface area contributed by atoms with Crippen LogP contribution in [-0.2, 0) is 19.1 Å². The first-order chi connectivity index (χ1) is 12.1. The second kappa shape index (κ2) is 7.88. The molecule has 0 aromatic heterocycles. The van der Waals surface area contributed by atoms with Crippen molar-refractivity contribution >= 4 is 23.6 Å². The van der Waals surface area contributed by atoms with E-state index >= 15 is 0 Å². The van der Waals surface area contributed by atoms with Gasteiger partial charge in [-0.1, -0.05) is 0 Å². The molecule has 2 N–H and O–H groups in total. The zero-order chi connectivity index (χ0) is 19.5. The summed E-state index contributed by atoms with van der Waals surface area (Å²) in [6, 6.07) is 0. The van der Waals surface area contributed by atoms with E-state index in [2.05, 4.69) is 4.99 Å². The summed E-state index contributed by atoms with van der Waals surface area (Å²) in [5.74, 6) is -1.79. The average molecular weight is 365 g/mol. The van der Waals surface area contributed by atoms with Crippen LogP contribution in [-0.4, -0.2) is 60.3 Å². The zero-order valence-corrected chi connectivity index (χ0v) is 15.8. The number of hydrogen-bond donors (Lipinski definition) is 1. The van der Waals surface area contributed by atoms with Crippen molar-refractivity contribution in [1.82, 2.24) is 4.90 Å². The number of amides is 1. The number of ketones is 1. The Morgan fingerprint density at radius 1 is 1.35 bits per heavy atom. The van der Waals surface area contributed by atoms with Gasteiger partial charge in [0.15, 0.2) is 5.78 Å². The molecule has 1 unspecified atom stereocenters. The SMILES string of the molecule is CCOC(=O)C1CCN=C(C2=C(N)CCN(C(=O)OC(C)(C)C)C2)C1=O. The molecule has 0 fully saturated rings. The molecule has 2 rings (SSSR count). The van der Waals surface area contributed by atoms with E-state index in [1.165, 1.54) is 4.90 Å². The molecule has 0 saturated heterocycles. The molecule has 8 heteroatoms. The van der Waals surface area contributed by atoms with E-state index in [0.717, 1.165) is 0 Å². The third-order valence-electron chi connectivity index (χ3n) is 4.13. The fourth-order valence-electron chi connectivity index (χ4n) is 2.88. The predicted molar refractivity (Wildman–Crippen MR) is 95.7 cm³/mol. The van der Waals surface area contributed by atoms with Gasteiger partial charge in [-0.15, -0.1) is 0 Å². The summed E-state index contributed by atoms with van der Waals surface area (Å²) < 4.78 is 10.4. The van der Waals surface area contributed by atoms with Crippen LogP contribution in [0.3, 0.4) is 0 Å². The van der Waals surface area contributed by atoms with E-state index in [0.29, 0.717) is 37.2 Å². The van der Waals surface area contributed by atoms with Gasteiger partial charge in [0.2, 0.25) is 0 Å². The minimum atomic E-state index is -0.861. The number of carbonyl (C=O) groups excluding carboxylic acids is 3. The third kappa shape index (κ3) is 4.62. The highest BCUT2D eigenvalue weighted by atomic mass is 16.6. The first kappa shape index (κ1) is 19.9. The van der Waals surface area contributed by atoms with Crippen molar-refractivity contribution in [3.8, 4) is 0 Å². The summed E-state index contributed by atoms with van der Waals surface area (Å²) in [5, 5.41) is 0. The summed E-state index contributed by atoms with van der Waals surface area (Å²) in [4.78, 5) is 42.9. The number of nitrogens with two attached hydrogens (primary N) is 1. The summed E-state index contributed by atoms with van der Waals surface area (Å²) in [5.41, 5.74) is 6.68. The van der Waals surface area contributed by atoms with Crippen LogP contribution in [0.1, 0.15) is 40.5 Å². The Balaban J connectivity index is 2.18. The van der Waals surface area contributed by atoms with Gasteiger partial charge in [0.1, 0.15) is 17.2 Å². The fourth-order valence-corrected chi connectivity index (χ4v) is 2.88. The van der Waals surface area contributed by atoms with Crippen molar-refractivity contribution in [1.29, 1.82) is 0 Å². The summed E-state index contributed by atoms with van der Waals surface area (Å²) in [6.07, 6.45) is 0.281. The van der Waals surface area contributed by atoms with Crippen molar-refractivity contribution in [2.75, 3.05) is 26.2 Å². The Morgan fingerprint density at radius 2 is 2.04 bits per heavy atom. The van der Waals surface area contributed by atoms with Crippen LogP contribution in [0, 0.1) is 5.92 Å². The highest BCUT2D eigenvalue weighted by molar-refractivity contribution is 6.49. The van der Waals surface area contributed by atoms with Crippen molar-refractivity contribution in [3.05, 3.63) is 11.3 Å². The topological polar surface area (TPSA) is 111 Å². The van der Waals surface area contributed by atoms with Gasteiger partial charge in [-0.2, -0.15) is 0 Å². The molecule has 0 aromatic carbocycles. The van der Waals surface area contributed by atoms with E-state index in [9.17, 15) is 14.4 Å². The minimum absolute atomic E-state index is 0.140. The molecule has 0 aromatic rings. The Morgan fingerprint density at radius 3 is 2.65 bits per heavy atom. The molecule has 8 nitrogen and oxygen atoms in total. The number of rotatable bonds is 3. The lowest BCUT2D eigenvalue weighted by Gasteiger charge is -2.32. The number of hydrogen-bond acceptors (Lipinski definition) is 7. The normalized spacial score (nSPS) is 21.4. The van der Waals surface area contributed by atoms with Gasteiger partial charge >= 0.3 is 12.1 Å². The van der Waals surface area contributed by atoms with Gasteiger partial charge in [-0.3, -0.25) is 14.6 Å². The first-order valence-corrected chi connectivity index (χ1v) is 8.85. The molecule has 1 amide bonds. The molecule has 2 heterocycles. The van der Waals surface area contributed by atoms with Gasteiger partial charge in [0.25, 0.3) is 0 Å². The highest BCUT2D eigenvalue weighted by Gasteiger charge is 2.38. The smallest absolute Gasteiger partial charge is 0.410 e. The number of esters is 1. The van der Waals surface area contributed by atoms with Crippen molar-refractivity contribution in [2.24, 2.45) is 16.6 Å². The predicted octanol–water partition coefficient (Wildman–Crippen LogP) is 1.43. The van der Waals surface area contributed by atoms with E-state index in [-0.39, 0.29) is 18.9 Å². The van der Waals surface area contributed by atoms with Gasteiger partial charge in [-0.25, -0.2) is 4.79 Å². The molecule has 2 aliphatic rings. The molecule has 0 aliphatic carbocycles. The van der Waals surface area contributed by atoms with Crippen LogP contribution >= 0.6 is 0 Å². The lowest BCUT2D eigenvalue weighted by molar-refractivity contribution is -0.150. The van der Waals surface area contributed by atoms with Crippen LogP contribution in [0.2, 0.25) is 0 Å². The Hall–Kier alpha value is -2.38. The second-order valence-corrected chi connectivity index (χ2v) is 7.34. The molecular formula is C18H27N3O5. The van der Waals surface area contributed by atoms with Crippen LogP contribution < -0.4 is 5.73 Å². The zero-order valence-electron chi connectivity index (χ0n) is 15.8. The highest BCUT2D eigenvalue weighted by Crippen LogP contribution is 2.24. The number of nitrogens with zero attached hydrogens (tertiary/aromatic N) is 2. The molecule has 2 aliphatic heterocycles. The minimum Gasteiger partial charge on any atom is -0.465 e. The lowest BCUT2D eigenvalue weighted by atomic mass is 9.88. The Labute approximate surface area is 153 Å². The molecular weight excluding hydrogens is 338 g/mol. The molecule has 1 atom stereocenters. The fraction of sp³-hybridized carbons (Fsp3) is 0.667. The van der Waals surface area contributed by atoms with Crippen LogP contribution in [0.4, 0.5) is 4.79 Å². The molecule has 0 spiro atoms. The number of carbonyl (C=O) groups is 3. The number of Topliss-reactive ketones (excluding diaryl/α,β-unsaturated/α-hetero) is 1. The van der Waals surface area contributed by atoms with Gasteiger partial charge in [-0.05, 0) is 34.1 Å². The van der Waals surface area contributed by atoms with Crippen molar-refractivity contribution < 1.29 is 23.9 Å². The van der Waals surface area contributed by atoms with Crippen molar-refractivity contribution in [3.63, 3.8) is 0 Å². The largest absolute Gasteiger partial charge is 0.465 e. The van der Waals surface area contributed by atoms with E-state index < -0.39 is 29.4 Å². The average Bonchev–Trinajstić information content (AvgIpc) is 2.54. The first-order valence-electron chi connectivity index (χ1n) is 8.85. The summed E-state index contributed by atoms with van der Waals surface area (Å²) >= 11 is 0. The van der Waals surface area contributed by atoms with Gasteiger partial charge < -0.3 is 20.1 Å². The monoisotopic (exact) mass is 365 g/mol. The molecule has 26 heavy (non-hydrogen) atoms. The molecule has 0 saturated carbocycles. The van der Waals surface area contributed by atoms with Gasteiger partial charge in [0.05, 0.1) is 13.2 Å². The van der Waals surface area contributed by atoms with Crippen LogP contribution in [0.5, 0.6) is 0 Å². The maximum Gasteiger partial charge on any atom is 0.410 e. The van der Waals surface area contributed by atoms with Crippen molar-refractivity contribution in [2.45, 2.75) is 46.1 Å². The van der Waals surface area contributed by atoms with E-state index in [4.69, 9.17) is 15.2 Å². The third-order valence-corrected chi connectivity index (χ3v) is 4.13. The number of ether oxygens (including phenoxy) is 2. The van der Waals surface area contributed by atoms with Crippen LogP contribution in [0.15, 0.2) is 16.3 Å². The van der Waals surface area contributed by atoms with E-state index in [1.807, 2.05) is 0 Å². The van der Waals surface area contributed by atoms with Gasteiger partial charge in [0, 0.05) is 30.8 Å². The summed E-state index contributed by atoms with van der Waals surface area (Å²) in [7, 11) is 0. The maximum absolute atomic E-state index is 12.7. The molecule has 0 bridgehead atoms. The molecule has 0 radical (unpaired) electrons. The second-order valence-electron chi connectivity index (χ2n) is 7.34. The van der Waals surface area contributed by atoms with Crippen LogP contribution in [0.25, 0.3) is 0 Å². The van der Waals surface area contributed by atoms with E-state index in [1.54, 1.807) is 27.7 Å². The summed E-state index contributed by atoms with van der Waals surface area (Å²) in [6.45, 7) is 8.17. The quantitative estimate of drug-likeness (QED) is 0.598. The Kier molecular flexibility index (Phi) is 6.05. The lowest BCUT2D eigenvalue weighted by Crippen LogP contribution is -2.45. The number of aliphatic imine (C=N–C) groups is 1. The molecule has 144 valence electrons. The standard InChI is InChI=1S/C18H27N3O5/c1-5-25-16(23)11-6-8-20-14(15(11)22)12-10-21(9-7-13(12)19)17(24)26-18(2,3)4/h11H,5-10,19H2,1-4H3. The maximum atomic E-state index is 12.7. The Bertz CT molecular complexity index is 660.